The van der Waals surface area contributed by atoms with Gasteiger partial charge in [-0.3, -0.25) is 4.57 Å². The summed E-state index contributed by atoms with van der Waals surface area (Å²) in [6, 6.07) is 65.4. The van der Waals surface area contributed by atoms with Crippen LogP contribution in [0.2, 0.25) is 0 Å². The lowest BCUT2D eigenvalue weighted by molar-refractivity contribution is 0.666. The number of hydrogen-bond acceptors (Lipinski definition) is 4. The van der Waals surface area contributed by atoms with E-state index >= 15 is 0 Å². The molecule has 0 N–H and O–H groups in total. The predicted molar refractivity (Wildman–Crippen MR) is 232 cm³/mol. The Hall–Kier alpha value is -7.83. The zero-order valence-corrected chi connectivity index (χ0v) is 30.5. The van der Waals surface area contributed by atoms with Gasteiger partial charge >= 0.3 is 0 Å². The van der Waals surface area contributed by atoms with Gasteiger partial charge < -0.3 is 8.98 Å². The average Bonchev–Trinajstić information content (AvgIpc) is 3.95. The molecule has 6 heteroatoms. The van der Waals surface area contributed by atoms with Crippen LogP contribution in [0.5, 0.6) is 0 Å². The van der Waals surface area contributed by atoms with Crippen molar-refractivity contribution in [2.75, 3.05) is 0 Å². The third-order valence-electron chi connectivity index (χ3n) is 11.2. The molecule has 0 fully saturated rings. The molecule has 6 nitrogen and oxygen atoms in total. The van der Waals surface area contributed by atoms with E-state index in [1.54, 1.807) is 0 Å². The topological polar surface area (TPSA) is 61.7 Å². The lowest BCUT2D eigenvalue weighted by atomic mass is 10.0. The van der Waals surface area contributed by atoms with E-state index in [9.17, 15) is 0 Å². The molecule has 0 bridgehead atoms. The van der Waals surface area contributed by atoms with Crippen LogP contribution in [0.4, 0.5) is 0 Å². The number of aromatic nitrogens is 5. The highest BCUT2D eigenvalue weighted by Gasteiger charge is 2.24. The monoisotopic (exact) mass is 729 g/mol. The number of para-hydroxylation sites is 4. The fourth-order valence-electron chi connectivity index (χ4n) is 8.65. The van der Waals surface area contributed by atoms with Gasteiger partial charge in [-0.1, -0.05) is 152 Å². The number of hydrogen-bond donors (Lipinski definition) is 0. The first-order valence-electron chi connectivity index (χ1n) is 19.1. The van der Waals surface area contributed by atoms with Crippen LogP contribution in [0.3, 0.4) is 0 Å². The molecule has 0 spiro atoms. The van der Waals surface area contributed by atoms with Crippen LogP contribution in [-0.2, 0) is 0 Å². The fourth-order valence-corrected chi connectivity index (χ4v) is 8.65. The second-order valence-electron chi connectivity index (χ2n) is 14.4. The summed E-state index contributed by atoms with van der Waals surface area (Å²) < 4.78 is 11.2. The van der Waals surface area contributed by atoms with E-state index in [4.69, 9.17) is 19.4 Å². The summed E-state index contributed by atoms with van der Waals surface area (Å²) in [5, 5.41) is 6.80. The average molecular weight is 730 g/mol. The second kappa shape index (κ2) is 12.3. The molecule has 12 aromatic rings. The SMILES string of the molecule is c1ccc(-c2ccc(-c3nc(-c4ccccc4)nc(-n4c5ccccc5c5c6c7ccccc7n(-c7cccc8c7oc7ccccc78)c6ccc54)n3)cc2)cc1. The normalized spacial score (nSPS) is 11.9. The van der Waals surface area contributed by atoms with Crippen LogP contribution in [0, 0.1) is 0 Å². The first kappa shape index (κ1) is 31.5. The molecule has 8 aromatic carbocycles. The second-order valence-corrected chi connectivity index (χ2v) is 14.4. The van der Waals surface area contributed by atoms with Crippen molar-refractivity contribution in [3.05, 3.63) is 188 Å². The molecule has 0 aliphatic heterocycles. The minimum atomic E-state index is 0.562. The lowest BCUT2D eigenvalue weighted by Crippen LogP contribution is -2.06. The molecule has 4 heterocycles. The minimum Gasteiger partial charge on any atom is -0.454 e. The third kappa shape index (κ3) is 4.81. The molecule has 0 radical (unpaired) electrons. The smallest absolute Gasteiger partial charge is 0.238 e. The Bertz CT molecular complexity index is 3510. The Morgan fingerprint density at radius 1 is 0.333 bits per heavy atom. The van der Waals surface area contributed by atoms with Crippen LogP contribution in [0.25, 0.3) is 111 Å². The Labute approximate surface area is 326 Å². The maximum absolute atomic E-state index is 6.60. The molecule has 57 heavy (non-hydrogen) atoms. The Morgan fingerprint density at radius 3 is 1.51 bits per heavy atom. The number of rotatable bonds is 5. The van der Waals surface area contributed by atoms with Gasteiger partial charge in [-0.05, 0) is 47.5 Å². The molecule has 0 aliphatic carbocycles. The van der Waals surface area contributed by atoms with E-state index in [0.717, 1.165) is 88.1 Å². The lowest BCUT2D eigenvalue weighted by Gasteiger charge is -2.11. The maximum Gasteiger partial charge on any atom is 0.238 e. The summed E-state index contributed by atoms with van der Waals surface area (Å²) in [6.07, 6.45) is 0. The quantitative estimate of drug-likeness (QED) is 0.177. The molecule has 0 atom stereocenters. The summed E-state index contributed by atoms with van der Waals surface area (Å²) in [4.78, 5) is 15.5. The van der Waals surface area contributed by atoms with E-state index in [0.29, 0.717) is 17.6 Å². The zero-order chi connectivity index (χ0) is 37.5. The number of fused-ring (bicyclic) bond motifs is 10. The first-order chi connectivity index (χ1) is 28.3. The highest BCUT2D eigenvalue weighted by Crippen LogP contribution is 2.44. The molecule has 0 unspecified atom stereocenters. The highest BCUT2D eigenvalue weighted by atomic mass is 16.3. The van der Waals surface area contributed by atoms with Crippen molar-refractivity contribution in [1.82, 2.24) is 24.1 Å². The van der Waals surface area contributed by atoms with E-state index in [1.165, 1.54) is 5.39 Å². The van der Waals surface area contributed by atoms with Gasteiger partial charge in [0.05, 0.1) is 27.8 Å². The predicted octanol–water partition coefficient (Wildman–Crippen LogP) is 13.0. The molecule has 0 saturated heterocycles. The van der Waals surface area contributed by atoms with E-state index < -0.39 is 0 Å². The van der Waals surface area contributed by atoms with Gasteiger partial charge in [-0.2, -0.15) is 9.97 Å². The van der Waals surface area contributed by atoms with E-state index in [-0.39, 0.29) is 0 Å². The van der Waals surface area contributed by atoms with Gasteiger partial charge in [0.15, 0.2) is 17.2 Å². The van der Waals surface area contributed by atoms with Crippen molar-refractivity contribution >= 4 is 65.6 Å². The fraction of sp³-hybridized carbons (Fsp3) is 0. The van der Waals surface area contributed by atoms with Crippen LogP contribution in [0.15, 0.2) is 192 Å². The summed E-state index contributed by atoms with van der Waals surface area (Å²) >= 11 is 0. The van der Waals surface area contributed by atoms with Crippen LogP contribution in [-0.4, -0.2) is 24.1 Å². The summed E-state index contributed by atoms with van der Waals surface area (Å²) in [5.74, 6) is 1.79. The Balaban J connectivity index is 1.13. The van der Waals surface area contributed by atoms with Crippen molar-refractivity contribution in [3.8, 4) is 45.5 Å². The van der Waals surface area contributed by atoms with Gasteiger partial charge in [-0.25, -0.2) is 4.98 Å². The largest absolute Gasteiger partial charge is 0.454 e. The standard InChI is InChI=1S/C51H31N5O/c1-3-14-32(15-4-1)33-26-28-35(29-27-33)50-52-49(34-16-5-2-6-17-34)53-51(54-50)56-41-23-11-8-20-39(41)47-43(56)31-30-42-46(47)38-19-7-10-22-40(38)55(42)44-24-13-21-37-36-18-9-12-25-45(36)57-48(37)44/h1-31H. The summed E-state index contributed by atoms with van der Waals surface area (Å²) in [5.41, 5.74) is 11.1. The number of furan rings is 1. The van der Waals surface area contributed by atoms with E-state index in [2.05, 4.69) is 149 Å². The molecule has 266 valence electrons. The molecular weight excluding hydrogens is 699 g/mol. The Morgan fingerprint density at radius 2 is 0.825 bits per heavy atom. The minimum absolute atomic E-state index is 0.562. The molecule has 12 rings (SSSR count). The van der Waals surface area contributed by atoms with Gasteiger partial charge in [0, 0.05) is 43.4 Å². The van der Waals surface area contributed by atoms with Crippen LogP contribution in [0.1, 0.15) is 0 Å². The zero-order valence-electron chi connectivity index (χ0n) is 30.5. The number of nitrogens with zero attached hydrogens (tertiary/aromatic N) is 5. The maximum atomic E-state index is 6.60. The van der Waals surface area contributed by atoms with E-state index in [1.807, 2.05) is 48.5 Å². The number of benzene rings is 8. The van der Waals surface area contributed by atoms with Gasteiger partial charge in [-0.15, -0.1) is 0 Å². The molecule has 4 aromatic heterocycles. The van der Waals surface area contributed by atoms with Crippen LogP contribution < -0.4 is 0 Å². The van der Waals surface area contributed by atoms with Crippen molar-refractivity contribution in [2.45, 2.75) is 0 Å². The Kier molecular flexibility index (Phi) is 6.83. The molecular formula is C51H31N5O. The van der Waals surface area contributed by atoms with Crippen molar-refractivity contribution < 1.29 is 4.42 Å². The van der Waals surface area contributed by atoms with Crippen molar-refractivity contribution in [2.24, 2.45) is 0 Å². The molecule has 0 saturated carbocycles. The highest BCUT2D eigenvalue weighted by molar-refractivity contribution is 6.29. The third-order valence-corrected chi connectivity index (χ3v) is 11.2. The van der Waals surface area contributed by atoms with Crippen molar-refractivity contribution in [1.29, 1.82) is 0 Å². The van der Waals surface area contributed by atoms with Gasteiger partial charge in [0.1, 0.15) is 5.58 Å². The molecule has 0 amide bonds. The van der Waals surface area contributed by atoms with Gasteiger partial charge in [0.25, 0.3) is 0 Å². The van der Waals surface area contributed by atoms with Crippen molar-refractivity contribution in [3.63, 3.8) is 0 Å². The summed E-state index contributed by atoms with van der Waals surface area (Å²) in [7, 11) is 0. The first-order valence-corrected chi connectivity index (χ1v) is 19.1. The summed E-state index contributed by atoms with van der Waals surface area (Å²) in [6.45, 7) is 0. The molecule has 0 aliphatic rings. The van der Waals surface area contributed by atoms with Crippen LogP contribution >= 0.6 is 0 Å². The van der Waals surface area contributed by atoms with Gasteiger partial charge in [0.2, 0.25) is 5.95 Å².